The first kappa shape index (κ1) is 12.9. The van der Waals surface area contributed by atoms with Gasteiger partial charge in [0.15, 0.2) is 5.96 Å². The normalized spacial score (nSPS) is 22.8. The molecular weight excluding hydrogens is 229 g/mol. The minimum atomic E-state index is -0.159. The molecule has 2 rings (SSSR count). The molecule has 1 saturated carbocycles. The highest BCUT2D eigenvalue weighted by atomic mass is 19.1. The predicted molar refractivity (Wildman–Crippen MR) is 72.0 cm³/mol. The summed E-state index contributed by atoms with van der Waals surface area (Å²) in [5, 5.41) is 6.53. The van der Waals surface area contributed by atoms with E-state index >= 15 is 0 Å². The van der Waals surface area contributed by atoms with Crippen LogP contribution in [0.25, 0.3) is 0 Å². The first-order valence-corrected chi connectivity index (χ1v) is 6.32. The first-order valence-electron chi connectivity index (χ1n) is 6.32. The number of rotatable bonds is 3. The molecule has 0 bridgehead atoms. The summed E-state index contributed by atoms with van der Waals surface area (Å²) in [5.41, 5.74) is 1.60. The molecule has 98 valence electrons. The molecule has 1 aromatic rings. The van der Waals surface area contributed by atoms with E-state index in [4.69, 9.17) is 0 Å². The minimum Gasteiger partial charge on any atom is -0.353 e. The number of hydrogen-bond acceptors (Lipinski definition) is 1. The standard InChI is InChI=1S/C14H20FN3/c1-9-4-5-11(7-12(9)15)8-17-14(16-3)18-13-6-10(13)2/h4-5,7,10,13H,6,8H2,1-3H3,(H2,16,17,18). The van der Waals surface area contributed by atoms with Crippen LogP contribution in [0.1, 0.15) is 24.5 Å². The summed E-state index contributed by atoms with van der Waals surface area (Å²) in [4.78, 5) is 4.16. The molecule has 3 nitrogen and oxygen atoms in total. The molecule has 1 fully saturated rings. The average Bonchev–Trinajstić information content (AvgIpc) is 3.04. The maximum Gasteiger partial charge on any atom is 0.191 e. The molecule has 1 aliphatic rings. The second-order valence-electron chi connectivity index (χ2n) is 4.97. The van der Waals surface area contributed by atoms with Gasteiger partial charge in [-0.15, -0.1) is 0 Å². The van der Waals surface area contributed by atoms with E-state index in [0.717, 1.165) is 17.4 Å². The molecule has 4 heteroatoms. The van der Waals surface area contributed by atoms with Crippen LogP contribution in [0.4, 0.5) is 4.39 Å². The van der Waals surface area contributed by atoms with Crippen molar-refractivity contribution in [1.29, 1.82) is 0 Å². The number of benzene rings is 1. The second kappa shape index (κ2) is 5.38. The lowest BCUT2D eigenvalue weighted by Gasteiger charge is -2.11. The third-order valence-electron chi connectivity index (χ3n) is 3.35. The number of aryl methyl sites for hydroxylation is 1. The van der Waals surface area contributed by atoms with Crippen molar-refractivity contribution >= 4 is 5.96 Å². The average molecular weight is 249 g/mol. The van der Waals surface area contributed by atoms with Gasteiger partial charge in [-0.3, -0.25) is 4.99 Å². The molecule has 0 aromatic heterocycles. The van der Waals surface area contributed by atoms with Crippen LogP contribution < -0.4 is 10.6 Å². The fraction of sp³-hybridized carbons (Fsp3) is 0.500. The number of hydrogen-bond donors (Lipinski definition) is 2. The summed E-state index contributed by atoms with van der Waals surface area (Å²) < 4.78 is 13.4. The molecule has 2 atom stereocenters. The number of nitrogens with zero attached hydrogens (tertiary/aromatic N) is 1. The van der Waals surface area contributed by atoms with Gasteiger partial charge in [0.05, 0.1) is 0 Å². The molecule has 18 heavy (non-hydrogen) atoms. The van der Waals surface area contributed by atoms with Crippen LogP contribution in [-0.2, 0) is 6.54 Å². The highest BCUT2D eigenvalue weighted by Crippen LogP contribution is 2.28. The lowest BCUT2D eigenvalue weighted by atomic mass is 10.1. The Hall–Kier alpha value is -1.58. The van der Waals surface area contributed by atoms with Crippen LogP contribution in [0.15, 0.2) is 23.2 Å². The van der Waals surface area contributed by atoms with Gasteiger partial charge in [0.2, 0.25) is 0 Å². The fourth-order valence-electron chi connectivity index (χ4n) is 1.83. The Morgan fingerprint density at radius 3 is 2.78 bits per heavy atom. The van der Waals surface area contributed by atoms with Gasteiger partial charge < -0.3 is 10.6 Å². The van der Waals surface area contributed by atoms with Crippen molar-refractivity contribution in [2.45, 2.75) is 32.9 Å². The molecular formula is C14H20FN3. The predicted octanol–water partition coefficient (Wildman–Crippen LogP) is 2.21. The Labute approximate surface area is 108 Å². The van der Waals surface area contributed by atoms with Crippen LogP contribution in [0, 0.1) is 18.7 Å². The number of nitrogens with one attached hydrogen (secondary N) is 2. The van der Waals surface area contributed by atoms with Gasteiger partial charge in [-0.2, -0.15) is 0 Å². The zero-order valence-corrected chi connectivity index (χ0v) is 11.1. The summed E-state index contributed by atoms with van der Waals surface area (Å²) in [5.74, 6) is 1.35. The molecule has 0 radical (unpaired) electrons. The van der Waals surface area contributed by atoms with Gasteiger partial charge in [0, 0.05) is 19.6 Å². The molecule has 1 aromatic carbocycles. The zero-order valence-electron chi connectivity index (χ0n) is 11.1. The van der Waals surface area contributed by atoms with Crippen molar-refractivity contribution in [1.82, 2.24) is 10.6 Å². The Morgan fingerprint density at radius 2 is 2.22 bits per heavy atom. The molecule has 0 amide bonds. The summed E-state index contributed by atoms with van der Waals surface area (Å²) >= 11 is 0. The first-order chi connectivity index (χ1) is 8.60. The highest BCUT2D eigenvalue weighted by molar-refractivity contribution is 5.80. The van der Waals surface area contributed by atoms with Gasteiger partial charge in [-0.05, 0) is 36.5 Å². The van der Waals surface area contributed by atoms with E-state index in [1.165, 1.54) is 6.42 Å². The molecule has 0 heterocycles. The third kappa shape index (κ3) is 3.22. The van der Waals surface area contributed by atoms with Crippen LogP contribution in [0.3, 0.4) is 0 Å². The molecule has 0 aliphatic heterocycles. The van der Waals surface area contributed by atoms with Crippen molar-refractivity contribution in [3.8, 4) is 0 Å². The lowest BCUT2D eigenvalue weighted by Crippen LogP contribution is -2.38. The number of halogens is 1. The van der Waals surface area contributed by atoms with Gasteiger partial charge >= 0.3 is 0 Å². The Morgan fingerprint density at radius 1 is 1.50 bits per heavy atom. The van der Waals surface area contributed by atoms with E-state index < -0.39 is 0 Å². The quantitative estimate of drug-likeness (QED) is 0.636. The topological polar surface area (TPSA) is 36.4 Å². The van der Waals surface area contributed by atoms with Crippen molar-refractivity contribution in [2.24, 2.45) is 10.9 Å². The maximum absolute atomic E-state index is 13.4. The SMILES string of the molecule is CN=C(NCc1ccc(C)c(F)c1)NC1CC1C. The van der Waals surface area contributed by atoms with E-state index in [9.17, 15) is 4.39 Å². The Bertz CT molecular complexity index is 456. The minimum absolute atomic E-state index is 0.159. The maximum atomic E-state index is 13.4. The van der Waals surface area contributed by atoms with Crippen LogP contribution in [0.2, 0.25) is 0 Å². The largest absolute Gasteiger partial charge is 0.353 e. The van der Waals surface area contributed by atoms with Gasteiger partial charge in [-0.1, -0.05) is 19.1 Å². The van der Waals surface area contributed by atoms with Gasteiger partial charge in [0.1, 0.15) is 5.82 Å². The summed E-state index contributed by atoms with van der Waals surface area (Å²) in [6.45, 7) is 4.56. The van der Waals surface area contributed by atoms with Gasteiger partial charge in [0.25, 0.3) is 0 Å². The van der Waals surface area contributed by atoms with E-state index in [1.54, 1.807) is 26.1 Å². The van der Waals surface area contributed by atoms with Crippen LogP contribution >= 0.6 is 0 Å². The smallest absolute Gasteiger partial charge is 0.191 e. The van der Waals surface area contributed by atoms with Crippen molar-refractivity contribution in [3.63, 3.8) is 0 Å². The van der Waals surface area contributed by atoms with Crippen molar-refractivity contribution in [2.75, 3.05) is 7.05 Å². The number of aliphatic imine (C=N–C) groups is 1. The highest BCUT2D eigenvalue weighted by Gasteiger charge is 2.33. The number of guanidine groups is 1. The van der Waals surface area contributed by atoms with E-state index in [-0.39, 0.29) is 5.82 Å². The van der Waals surface area contributed by atoms with E-state index in [2.05, 4.69) is 22.5 Å². The third-order valence-corrected chi connectivity index (χ3v) is 3.35. The van der Waals surface area contributed by atoms with Crippen molar-refractivity contribution in [3.05, 3.63) is 35.1 Å². The summed E-state index contributed by atoms with van der Waals surface area (Å²) in [6, 6.07) is 5.82. The van der Waals surface area contributed by atoms with Gasteiger partial charge in [-0.25, -0.2) is 4.39 Å². The molecule has 2 N–H and O–H groups in total. The fourth-order valence-corrected chi connectivity index (χ4v) is 1.83. The zero-order chi connectivity index (χ0) is 13.1. The Balaban J connectivity index is 1.87. The van der Waals surface area contributed by atoms with E-state index in [0.29, 0.717) is 18.2 Å². The van der Waals surface area contributed by atoms with Crippen LogP contribution in [0.5, 0.6) is 0 Å². The van der Waals surface area contributed by atoms with Crippen molar-refractivity contribution < 1.29 is 4.39 Å². The molecule has 2 unspecified atom stereocenters. The van der Waals surface area contributed by atoms with E-state index in [1.807, 2.05) is 6.07 Å². The second-order valence-corrected chi connectivity index (χ2v) is 4.97. The summed E-state index contributed by atoms with van der Waals surface area (Å²) in [7, 11) is 1.75. The Kier molecular flexibility index (Phi) is 3.84. The van der Waals surface area contributed by atoms with Crippen LogP contribution in [-0.4, -0.2) is 19.0 Å². The lowest BCUT2D eigenvalue weighted by molar-refractivity contribution is 0.615. The molecule has 1 aliphatic carbocycles. The summed E-state index contributed by atoms with van der Waals surface area (Å²) in [6.07, 6.45) is 1.19. The monoisotopic (exact) mass is 249 g/mol. The molecule has 0 saturated heterocycles. The molecule has 0 spiro atoms.